The molecule has 0 saturated carbocycles. The van der Waals surface area contributed by atoms with Crippen molar-refractivity contribution in [2.45, 2.75) is 43.8 Å². The van der Waals surface area contributed by atoms with Crippen LogP contribution in [0, 0.1) is 0 Å². The highest BCUT2D eigenvalue weighted by Crippen LogP contribution is 2.39. The van der Waals surface area contributed by atoms with E-state index in [1.807, 2.05) is 21.6 Å². The van der Waals surface area contributed by atoms with Crippen molar-refractivity contribution in [1.29, 1.82) is 0 Å². The van der Waals surface area contributed by atoms with Crippen molar-refractivity contribution < 1.29 is 4.79 Å². The Labute approximate surface area is 119 Å². The molecule has 0 aromatic carbocycles. The van der Waals surface area contributed by atoms with E-state index in [2.05, 4.69) is 24.3 Å². The number of hydrogen-bond donors (Lipinski definition) is 1. The molecule has 1 saturated heterocycles. The van der Waals surface area contributed by atoms with E-state index in [0.29, 0.717) is 6.42 Å². The van der Waals surface area contributed by atoms with Gasteiger partial charge in [-0.15, -0.1) is 0 Å². The number of amides is 1. The van der Waals surface area contributed by atoms with Crippen LogP contribution in [0.4, 0.5) is 0 Å². The fraction of sp³-hybridized carbons (Fsp3) is 0.923. The van der Waals surface area contributed by atoms with Crippen LogP contribution in [0.5, 0.6) is 0 Å². The van der Waals surface area contributed by atoms with Gasteiger partial charge in [-0.05, 0) is 46.3 Å². The van der Waals surface area contributed by atoms with Gasteiger partial charge in [-0.1, -0.05) is 28.0 Å². The smallest absolute Gasteiger partial charge is 0.219 e. The van der Waals surface area contributed by atoms with Gasteiger partial charge in [-0.3, -0.25) is 4.79 Å². The molecule has 0 unspecified atom stereocenters. The van der Waals surface area contributed by atoms with E-state index < -0.39 is 0 Å². The molecule has 1 aliphatic rings. The second kappa shape index (κ2) is 9.98. The first kappa shape index (κ1) is 16.2. The van der Waals surface area contributed by atoms with E-state index in [9.17, 15) is 4.79 Å². The summed E-state index contributed by atoms with van der Waals surface area (Å²) in [6, 6.07) is 0. The predicted molar refractivity (Wildman–Crippen MR) is 83.1 cm³/mol. The predicted octanol–water partition coefficient (Wildman–Crippen LogP) is 2.77. The number of carbonyl (C=O) groups is 1. The van der Waals surface area contributed by atoms with Crippen LogP contribution in [-0.4, -0.2) is 49.0 Å². The standard InChI is InChI=1S/C13H26N2OS2/c1-15(2)10-5-9-14-13(16)7-4-3-6-12-8-11-17-18-12/h12H,3-11H2,1-2H3,(H,14,16)/t12-/m0/s1. The van der Waals surface area contributed by atoms with Crippen LogP contribution in [0.3, 0.4) is 0 Å². The molecular formula is C13H26N2OS2. The van der Waals surface area contributed by atoms with Crippen LogP contribution in [0.15, 0.2) is 0 Å². The van der Waals surface area contributed by atoms with Crippen LogP contribution in [0.2, 0.25) is 0 Å². The van der Waals surface area contributed by atoms with Crippen LogP contribution in [0.25, 0.3) is 0 Å². The maximum absolute atomic E-state index is 11.5. The van der Waals surface area contributed by atoms with E-state index in [4.69, 9.17) is 0 Å². The Morgan fingerprint density at radius 3 is 2.83 bits per heavy atom. The molecular weight excluding hydrogens is 264 g/mol. The van der Waals surface area contributed by atoms with E-state index in [-0.39, 0.29) is 5.91 Å². The molecule has 0 aromatic rings. The molecule has 0 aromatic heterocycles. The number of unbranched alkanes of at least 4 members (excludes halogenated alkanes) is 1. The van der Waals surface area contributed by atoms with Crippen molar-refractivity contribution in [3.63, 3.8) is 0 Å². The molecule has 1 aliphatic heterocycles. The average molecular weight is 290 g/mol. The molecule has 106 valence electrons. The summed E-state index contributed by atoms with van der Waals surface area (Å²) < 4.78 is 0. The molecule has 1 N–H and O–H groups in total. The lowest BCUT2D eigenvalue weighted by atomic mass is 10.1. The van der Waals surface area contributed by atoms with E-state index >= 15 is 0 Å². The fourth-order valence-corrected chi connectivity index (χ4v) is 4.96. The highest BCUT2D eigenvalue weighted by molar-refractivity contribution is 8.77. The van der Waals surface area contributed by atoms with Gasteiger partial charge < -0.3 is 10.2 Å². The highest BCUT2D eigenvalue weighted by atomic mass is 33.1. The van der Waals surface area contributed by atoms with Gasteiger partial charge >= 0.3 is 0 Å². The first-order chi connectivity index (χ1) is 8.68. The summed E-state index contributed by atoms with van der Waals surface area (Å²) in [6.45, 7) is 1.85. The van der Waals surface area contributed by atoms with E-state index in [0.717, 1.165) is 31.2 Å². The number of carbonyl (C=O) groups excluding carboxylic acids is 1. The van der Waals surface area contributed by atoms with Crippen LogP contribution >= 0.6 is 21.6 Å². The second-order valence-corrected chi connectivity index (χ2v) is 7.87. The molecule has 0 spiro atoms. The minimum atomic E-state index is 0.224. The third kappa shape index (κ3) is 8.27. The molecule has 1 heterocycles. The maximum Gasteiger partial charge on any atom is 0.219 e. The molecule has 0 bridgehead atoms. The summed E-state index contributed by atoms with van der Waals surface area (Å²) in [4.78, 5) is 13.7. The average Bonchev–Trinajstić information content (AvgIpc) is 2.83. The number of nitrogens with zero attached hydrogens (tertiary/aromatic N) is 1. The molecule has 0 aliphatic carbocycles. The van der Waals surface area contributed by atoms with Crippen molar-refractivity contribution in [1.82, 2.24) is 10.2 Å². The van der Waals surface area contributed by atoms with Crippen LogP contribution < -0.4 is 5.32 Å². The zero-order valence-corrected chi connectivity index (χ0v) is 13.2. The lowest BCUT2D eigenvalue weighted by molar-refractivity contribution is -0.121. The van der Waals surface area contributed by atoms with E-state index in [1.165, 1.54) is 25.0 Å². The first-order valence-electron chi connectivity index (χ1n) is 6.88. The van der Waals surface area contributed by atoms with Gasteiger partial charge in [0, 0.05) is 24.0 Å². The Balaban J connectivity index is 1.87. The Morgan fingerprint density at radius 1 is 1.33 bits per heavy atom. The van der Waals surface area contributed by atoms with Crippen molar-refractivity contribution in [2.24, 2.45) is 0 Å². The number of hydrogen-bond acceptors (Lipinski definition) is 4. The normalized spacial score (nSPS) is 19.4. The zero-order valence-electron chi connectivity index (χ0n) is 11.6. The quantitative estimate of drug-likeness (QED) is 0.523. The van der Waals surface area contributed by atoms with Gasteiger partial charge in [0.25, 0.3) is 0 Å². The van der Waals surface area contributed by atoms with Crippen molar-refractivity contribution >= 4 is 27.5 Å². The lowest BCUT2D eigenvalue weighted by Gasteiger charge is -2.10. The summed E-state index contributed by atoms with van der Waals surface area (Å²) in [5.74, 6) is 1.53. The molecule has 18 heavy (non-hydrogen) atoms. The van der Waals surface area contributed by atoms with E-state index in [1.54, 1.807) is 0 Å². The SMILES string of the molecule is CN(C)CCCNC(=O)CCCC[C@H]1CCSS1. The monoisotopic (exact) mass is 290 g/mol. The molecule has 1 atom stereocenters. The highest BCUT2D eigenvalue weighted by Gasteiger charge is 2.15. The van der Waals surface area contributed by atoms with Gasteiger partial charge in [0.1, 0.15) is 0 Å². The Bertz CT molecular complexity index is 231. The second-order valence-electron chi connectivity index (χ2n) is 5.08. The van der Waals surface area contributed by atoms with Gasteiger partial charge in [0.15, 0.2) is 0 Å². The zero-order chi connectivity index (χ0) is 13.2. The fourth-order valence-electron chi connectivity index (χ4n) is 1.93. The third-order valence-electron chi connectivity index (χ3n) is 3.01. The third-order valence-corrected chi connectivity index (χ3v) is 6.02. The van der Waals surface area contributed by atoms with Crippen molar-refractivity contribution in [3.8, 4) is 0 Å². The van der Waals surface area contributed by atoms with Crippen molar-refractivity contribution in [3.05, 3.63) is 0 Å². The molecule has 1 amide bonds. The van der Waals surface area contributed by atoms with Crippen molar-refractivity contribution in [2.75, 3.05) is 32.9 Å². The Morgan fingerprint density at radius 2 is 2.17 bits per heavy atom. The Kier molecular flexibility index (Phi) is 8.98. The molecule has 0 radical (unpaired) electrons. The van der Waals surface area contributed by atoms with Gasteiger partial charge in [0.05, 0.1) is 0 Å². The lowest BCUT2D eigenvalue weighted by Crippen LogP contribution is -2.26. The minimum absolute atomic E-state index is 0.224. The molecule has 5 heteroatoms. The van der Waals surface area contributed by atoms with Crippen LogP contribution in [-0.2, 0) is 4.79 Å². The summed E-state index contributed by atoms with van der Waals surface area (Å²) in [7, 11) is 8.14. The Hall–Kier alpha value is 0.130. The molecule has 3 nitrogen and oxygen atoms in total. The van der Waals surface area contributed by atoms with Crippen LogP contribution in [0.1, 0.15) is 38.5 Å². The minimum Gasteiger partial charge on any atom is -0.356 e. The summed E-state index contributed by atoms with van der Waals surface area (Å²) in [5, 5.41) is 3.84. The largest absolute Gasteiger partial charge is 0.356 e. The topological polar surface area (TPSA) is 32.3 Å². The maximum atomic E-state index is 11.5. The number of nitrogens with one attached hydrogen (secondary N) is 1. The molecule has 1 fully saturated rings. The van der Waals surface area contributed by atoms with Gasteiger partial charge in [-0.2, -0.15) is 0 Å². The van der Waals surface area contributed by atoms with Gasteiger partial charge in [-0.25, -0.2) is 0 Å². The number of rotatable bonds is 9. The molecule has 1 rings (SSSR count). The summed E-state index contributed by atoms with van der Waals surface area (Å²) in [6.07, 6.45) is 6.61. The summed E-state index contributed by atoms with van der Waals surface area (Å²) >= 11 is 0. The first-order valence-corrected chi connectivity index (χ1v) is 9.26. The summed E-state index contributed by atoms with van der Waals surface area (Å²) in [5.41, 5.74) is 0. The van der Waals surface area contributed by atoms with Gasteiger partial charge in [0.2, 0.25) is 5.91 Å².